The Labute approximate surface area is 181 Å². The Morgan fingerprint density at radius 3 is 2.23 bits per heavy atom. The number of benzene rings is 3. The van der Waals surface area contributed by atoms with Crippen molar-refractivity contribution in [3.05, 3.63) is 90.2 Å². The predicted molar refractivity (Wildman–Crippen MR) is 117 cm³/mol. The fourth-order valence-electron chi connectivity index (χ4n) is 2.86. The third-order valence-corrected chi connectivity index (χ3v) is 6.45. The minimum atomic E-state index is -3.91. The van der Waals surface area contributed by atoms with Crippen LogP contribution in [0.5, 0.6) is 5.75 Å². The van der Waals surface area contributed by atoms with Crippen LogP contribution in [-0.4, -0.2) is 31.7 Å². The van der Waals surface area contributed by atoms with Crippen LogP contribution < -0.4 is 10.1 Å². The number of carbonyl (C=O) groups is 1. The number of nitrogens with zero attached hydrogens (tertiary/aromatic N) is 1. The van der Waals surface area contributed by atoms with Gasteiger partial charge in [-0.2, -0.15) is 4.31 Å². The number of hydrogen-bond donors (Lipinski definition) is 1. The first-order valence-corrected chi connectivity index (χ1v) is 11.1. The molecular weight excluding hydrogens is 419 g/mol. The van der Waals surface area contributed by atoms with E-state index in [2.05, 4.69) is 5.32 Å². The van der Waals surface area contributed by atoms with E-state index in [1.165, 1.54) is 12.1 Å². The summed E-state index contributed by atoms with van der Waals surface area (Å²) < 4.78 is 45.2. The van der Waals surface area contributed by atoms with Crippen LogP contribution in [0.25, 0.3) is 0 Å². The van der Waals surface area contributed by atoms with Gasteiger partial charge in [-0.05, 0) is 54.1 Å². The highest BCUT2D eigenvalue weighted by Crippen LogP contribution is 2.19. The van der Waals surface area contributed by atoms with Crippen LogP contribution in [0.4, 0.5) is 10.1 Å². The maximum Gasteiger partial charge on any atom is 0.243 e. The molecule has 0 spiro atoms. The molecule has 0 atom stereocenters. The normalized spacial score (nSPS) is 11.3. The van der Waals surface area contributed by atoms with E-state index in [1.807, 2.05) is 30.3 Å². The van der Waals surface area contributed by atoms with E-state index in [0.29, 0.717) is 18.0 Å². The zero-order valence-electron chi connectivity index (χ0n) is 17.0. The van der Waals surface area contributed by atoms with E-state index < -0.39 is 21.7 Å². The lowest BCUT2D eigenvalue weighted by Gasteiger charge is -2.20. The number of halogens is 1. The molecule has 0 aliphatic heterocycles. The van der Waals surface area contributed by atoms with Gasteiger partial charge in [-0.15, -0.1) is 0 Å². The van der Waals surface area contributed by atoms with Gasteiger partial charge in [-0.1, -0.05) is 37.3 Å². The molecule has 0 aromatic heterocycles. The molecular formula is C23H23FN2O4S. The number of likely N-dealkylation sites (N-methyl/N-ethyl adjacent to an activating group) is 1. The molecule has 0 heterocycles. The summed E-state index contributed by atoms with van der Waals surface area (Å²) in [5.41, 5.74) is 1.56. The average Bonchev–Trinajstić information content (AvgIpc) is 2.78. The molecule has 0 saturated carbocycles. The van der Waals surface area contributed by atoms with Crippen molar-refractivity contribution in [2.24, 2.45) is 0 Å². The molecule has 0 fully saturated rings. The zero-order valence-corrected chi connectivity index (χ0v) is 17.8. The topological polar surface area (TPSA) is 75.7 Å². The van der Waals surface area contributed by atoms with Crippen molar-refractivity contribution in [2.45, 2.75) is 18.4 Å². The lowest BCUT2D eigenvalue weighted by molar-refractivity contribution is -0.116. The van der Waals surface area contributed by atoms with Gasteiger partial charge in [0, 0.05) is 12.2 Å². The molecule has 0 aliphatic carbocycles. The maximum absolute atomic E-state index is 13.1. The first kappa shape index (κ1) is 22.5. The molecule has 3 aromatic carbocycles. The van der Waals surface area contributed by atoms with Crippen LogP contribution in [0.1, 0.15) is 12.5 Å². The number of anilines is 1. The summed E-state index contributed by atoms with van der Waals surface area (Å²) in [4.78, 5) is 12.3. The van der Waals surface area contributed by atoms with E-state index in [0.717, 1.165) is 22.0 Å². The van der Waals surface area contributed by atoms with Crippen molar-refractivity contribution >= 4 is 21.6 Å². The van der Waals surface area contributed by atoms with Crippen molar-refractivity contribution in [1.29, 1.82) is 0 Å². The van der Waals surface area contributed by atoms with Gasteiger partial charge >= 0.3 is 0 Å². The SMILES string of the molecule is CCN(CC(=O)Nc1ccc(OCc2ccccc2)cc1)S(=O)(=O)c1ccc(F)cc1. The average molecular weight is 443 g/mol. The van der Waals surface area contributed by atoms with Crippen molar-refractivity contribution < 1.29 is 22.3 Å². The zero-order chi connectivity index (χ0) is 22.3. The highest BCUT2D eigenvalue weighted by atomic mass is 32.2. The van der Waals surface area contributed by atoms with Crippen LogP contribution in [0, 0.1) is 5.82 Å². The van der Waals surface area contributed by atoms with Crippen LogP contribution >= 0.6 is 0 Å². The Kier molecular flexibility index (Phi) is 7.38. The third kappa shape index (κ3) is 6.13. The monoisotopic (exact) mass is 442 g/mol. The number of rotatable bonds is 9. The minimum Gasteiger partial charge on any atom is -0.489 e. The van der Waals surface area contributed by atoms with E-state index in [4.69, 9.17) is 4.74 Å². The number of carbonyl (C=O) groups excluding carboxylic acids is 1. The predicted octanol–water partition coefficient (Wildman–Crippen LogP) is 4.05. The van der Waals surface area contributed by atoms with Gasteiger partial charge in [0.05, 0.1) is 11.4 Å². The molecule has 6 nitrogen and oxygen atoms in total. The Bertz CT molecular complexity index is 1100. The van der Waals surface area contributed by atoms with Crippen molar-refractivity contribution in [3.63, 3.8) is 0 Å². The molecule has 0 bridgehead atoms. The third-order valence-electron chi connectivity index (χ3n) is 4.51. The number of nitrogens with one attached hydrogen (secondary N) is 1. The second-order valence-corrected chi connectivity index (χ2v) is 8.67. The van der Waals surface area contributed by atoms with E-state index in [1.54, 1.807) is 31.2 Å². The molecule has 8 heteroatoms. The minimum absolute atomic E-state index is 0.0662. The molecule has 0 aliphatic rings. The van der Waals surface area contributed by atoms with E-state index in [-0.39, 0.29) is 18.0 Å². The first-order valence-electron chi connectivity index (χ1n) is 9.71. The van der Waals surface area contributed by atoms with Crippen LogP contribution in [-0.2, 0) is 21.4 Å². The maximum atomic E-state index is 13.1. The van der Waals surface area contributed by atoms with Crippen molar-refractivity contribution in [2.75, 3.05) is 18.4 Å². The molecule has 3 rings (SSSR count). The number of amides is 1. The summed E-state index contributed by atoms with van der Waals surface area (Å²) in [6, 6.07) is 21.1. The number of sulfonamides is 1. The lowest BCUT2D eigenvalue weighted by atomic mass is 10.2. The lowest BCUT2D eigenvalue weighted by Crippen LogP contribution is -2.37. The molecule has 0 unspecified atom stereocenters. The Morgan fingerprint density at radius 1 is 0.968 bits per heavy atom. The quantitative estimate of drug-likeness (QED) is 0.542. The van der Waals surface area contributed by atoms with Crippen molar-refractivity contribution in [3.8, 4) is 5.75 Å². The summed E-state index contributed by atoms with van der Waals surface area (Å²) in [7, 11) is -3.91. The van der Waals surface area contributed by atoms with Crippen LogP contribution in [0.15, 0.2) is 83.8 Å². The summed E-state index contributed by atoms with van der Waals surface area (Å²) in [5, 5.41) is 2.68. The Hall–Kier alpha value is -3.23. The van der Waals surface area contributed by atoms with Crippen LogP contribution in [0.2, 0.25) is 0 Å². The van der Waals surface area contributed by atoms with Gasteiger partial charge in [0.2, 0.25) is 15.9 Å². The molecule has 31 heavy (non-hydrogen) atoms. The highest BCUT2D eigenvalue weighted by Gasteiger charge is 2.25. The van der Waals surface area contributed by atoms with Gasteiger partial charge in [-0.3, -0.25) is 4.79 Å². The van der Waals surface area contributed by atoms with E-state index in [9.17, 15) is 17.6 Å². The fraction of sp³-hybridized carbons (Fsp3) is 0.174. The molecule has 0 radical (unpaired) electrons. The summed E-state index contributed by atoms with van der Waals surface area (Å²) in [6.45, 7) is 1.80. The highest BCUT2D eigenvalue weighted by molar-refractivity contribution is 7.89. The van der Waals surface area contributed by atoms with Crippen LogP contribution in [0.3, 0.4) is 0 Å². The molecule has 162 valence electrons. The Morgan fingerprint density at radius 2 is 1.61 bits per heavy atom. The second-order valence-electron chi connectivity index (χ2n) is 6.73. The van der Waals surface area contributed by atoms with Gasteiger partial charge in [0.1, 0.15) is 18.2 Å². The van der Waals surface area contributed by atoms with Gasteiger partial charge in [-0.25, -0.2) is 12.8 Å². The standard InChI is InChI=1S/C23H23FN2O4S/c1-2-26(31(28,29)22-14-8-19(24)9-15-22)16-23(27)25-20-10-12-21(13-11-20)30-17-18-6-4-3-5-7-18/h3-15H,2,16-17H2,1H3,(H,25,27). The van der Waals surface area contributed by atoms with Crippen molar-refractivity contribution in [1.82, 2.24) is 4.31 Å². The van der Waals surface area contributed by atoms with Gasteiger partial charge in [0.25, 0.3) is 0 Å². The molecule has 3 aromatic rings. The molecule has 1 N–H and O–H groups in total. The summed E-state index contributed by atoms with van der Waals surface area (Å²) in [5.74, 6) is -0.364. The molecule has 0 saturated heterocycles. The van der Waals surface area contributed by atoms with Gasteiger partial charge in [0.15, 0.2) is 0 Å². The van der Waals surface area contributed by atoms with E-state index >= 15 is 0 Å². The smallest absolute Gasteiger partial charge is 0.243 e. The number of ether oxygens (including phenoxy) is 1. The summed E-state index contributed by atoms with van der Waals surface area (Å²) in [6.07, 6.45) is 0. The summed E-state index contributed by atoms with van der Waals surface area (Å²) >= 11 is 0. The molecule has 1 amide bonds. The Balaban J connectivity index is 1.58. The number of hydrogen-bond acceptors (Lipinski definition) is 4. The second kappa shape index (κ2) is 10.2. The largest absolute Gasteiger partial charge is 0.489 e. The first-order chi connectivity index (χ1) is 14.9. The van der Waals surface area contributed by atoms with Gasteiger partial charge < -0.3 is 10.1 Å². The fourth-order valence-corrected chi connectivity index (χ4v) is 4.26.